The Bertz CT molecular complexity index is 868. The summed E-state index contributed by atoms with van der Waals surface area (Å²) in [6.45, 7) is 1.65. The van der Waals surface area contributed by atoms with Crippen molar-refractivity contribution in [2.24, 2.45) is 0 Å². The smallest absolute Gasteiger partial charge is 0.330 e. The third-order valence-electron chi connectivity index (χ3n) is 5.10. The number of methoxy groups -OCH3 is 1. The van der Waals surface area contributed by atoms with Gasteiger partial charge in [0.2, 0.25) is 0 Å². The second-order valence-electron chi connectivity index (χ2n) is 6.93. The summed E-state index contributed by atoms with van der Waals surface area (Å²) in [5.41, 5.74) is 3.44. The molecule has 1 unspecified atom stereocenters. The molecule has 5 nitrogen and oxygen atoms in total. The normalized spacial score (nSPS) is 15.7. The largest absolute Gasteiger partial charge is 0.492 e. The van der Waals surface area contributed by atoms with Crippen LogP contribution in [0.25, 0.3) is 6.08 Å². The fourth-order valence-corrected chi connectivity index (χ4v) is 3.72. The zero-order valence-corrected chi connectivity index (χ0v) is 16.5. The zero-order valence-electron chi connectivity index (χ0n) is 16.5. The first kappa shape index (κ1) is 21.0. The summed E-state index contributed by atoms with van der Waals surface area (Å²) in [7, 11) is 1.35. The van der Waals surface area contributed by atoms with Crippen molar-refractivity contribution in [2.45, 2.75) is 18.9 Å². The number of aryl methyl sites for hydroxylation is 1. The first-order valence-electron chi connectivity index (χ1n) is 9.73. The van der Waals surface area contributed by atoms with E-state index >= 15 is 0 Å². The lowest BCUT2D eigenvalue weighted by atomic mass is 10.0. The van der Waals surface area contributed by atoms with Gasteiger partial charge in [-0.15, -0.1) is 0 Å². The third kappa shape index (κ3) is 5.65. The molecule has 0 heterocycles. The molecule has 0 amide bonds. The number of hydrogen-bond donors (Lipinski definition) is 1. The molecule has 6 heteroatoms. The number of fused-ring (bicyclic) bond motifs is 1. The summed E-state index contributed by atoms with van der Waals surface area (Å²) < 4.78 is 23.6. The van der Waals surface area contributed by atoms with Gasteiger partial charge in [0.05, 0.1) is 13.7 Å². The van der Waals surface area contributed by atoms with Crippen LogP contribution >= 0.6 is 0 Å². The van der Waals surface area contributed by atoms with E-state index in [0.717, 1.165) is 18.4 Å². The van der Waals surface area contributed by atoms with Crippen molar-refractivity contribution in [2.75, 3.05) is 33.4 Å². The van der Waals surface area contributed by atoms with E-state index in [4.69, 9.17) is 4.74 Å². The number of benzene rings is 2. The Morgan fingerprint density at radius 1 is 1.28 bits per heavy atom. The molecule has 0 aliphatic heterocycles. The van der Waals surface area contributed by atoms with E-state index in [1.165, 1.54) is 36.4 Å². The Morgan fingerprint density at radius 2 is 2.14 bits per heavy atom. The maximum absolute atomic E-state index is 13.3. The predicted octanol–water partition coefficient (Wildman–Crippen LogP) is 3.37. The average molecular weight is 399 g/mol. The van der Waals surface area contributed by atoms with Crippen molar-refractivity contribution in [3.8, 4) is 5.75 Å². The van der Waals surface area contributed by atoms with Crippen LogP contribution in [0.3, 0.4) is 0 Å². The zero-order chi connectivity index (χ0) is 20.6. The number of carbonyl (C=O) groups excluding carboxylic acids is 1. The van der Waals surface area contributed by atoms with Gasteiger partial charge in [-0.3, -0.25) is 4.90 Å². The van der Waals surface area contributed by atoms with Gasteiger partial charge in [0.1, 0.15) is 18.2 Å². The highest BCUT2D eigenvalue weighted by Crippen LogP contribution is 2.36. The summed E-state index contributed by atoms with van der Waals surface area (Å²) >= 11 is 0. The van der Waals surface area contributed by atoms with Gasteiger partial charge in [-0.1, -0.05) is 24.3 Å². The van der Waals surface area contributed by atoms with Gasteiger partial charge in [0.15, 0.2) is 0 Å². The number of nitrogens with zero attached hydrogens (tertiary/aromatic N) is 1. The highest BCUT2D eigenvalue weighted by Gasteiger charge is 2.27. The molecule has 1 N–H and O–H groups in total. The lowest BCUT2D eigenvalue weighted by Gasteiger charge is -2.29. The minimum atomic E-state index is -0.379. The van der Waals surface area contributed by atoms with E-state index in [1.807, 2.05) is 6.07 Å². The van der Waals surface area contributed by atoms with E-state index in [-0.39, 0.29) is 24.4 Å². The van der Waals surface area contributed by atoms with Crippen LogP contribution in [0, 0.1) is 5.82 Å². The molecule has 29 heavy (non-hydrogen) atoms. The predicted molar refractivity (Wildman–Crippen MR) is 109 cm³/mol. The van der Waals surface area contributed by atoms with Crippen molar-refractivity contribution in [1.82, 2.24) is 4.90 Å². The SMILES string of the molecule is COC(=O)/C=C/c1ccc2c(c1)CCC2N(CCO)CCOc1cccc(F)c1. The molecule has 3 rings (SSSR count). The summed E-state index contributed by atoms with van der Waals surface area (Å²) in [5, 5.41) is 9.50. The average Bonchev–Trinajstić information content (AvgIpc) is 3.14. The molecular weight excluding hydrogens is 373 g/mol. The van der Waals surface area contributed by atoms with Gasteiger partial charge in [0, 0.05) is 31.3 Å². The Kier molecular flexibility index (Phi) is 7.38. The summed E-state index contributed by atoms with van der Waals surface area (Å²) in [5.74, 6) is -0.199. The summed E-state index contributed by atoms with van der Waals surface area (Å²) in [6, 6.07) is 12.5. The molecule has 2 aromatic carbocycles. The molecule has 1 atom stereocenters. The first-order chi connectivity index (χ1) is 14.1. The molecule has 2 aromatic rings. The van der Waals surface area contributed by atoms with Gasteiger partial charge in [-0.25, -0.2) is 9.18 Å². The molecule has 154 valence electrons. The quantitative estimate of drug-likeness (QED) is 0.518. The number of carbonyl (C=O) groups is 1. The van der Waals surface area contributed by atoms with E-state index in [1.54, 1.807) is 18.2 Å². The van der Waals surface area contributed by atoms with Crippen molar-refractivity contribution >= 4 is 12.0 Å². The standard InChI is InChI=1S/C23H26FNO4/c1-28-23(27)10-6-17-5-8-21-18(15-17)7-9-22(21)25(11-13-26)12-14-29-20-4-2-3-19(24)16-20/h2-6,8,10,15-16,22,26H,7,9,11-14H2,1H3/b10-6+. The van der Waals surface area contributed by atoms with Crippen LogP contribution in [0.4, 0.5) is 4.39 Å². The minimum absolute atomic E-state index is 0.0613. The molecule has 0 saturated carbocycles. The van der Waals surface area contributed by atoms with Crippen LogP contribution < -0.4 is 4.74 Å². The molecule has 0 fully saturated rings. The fourth-order valence-electron chi connectivity index (χ4n) is 3.72. The van der Waals surface area contributed by atoms with Crippen LogP contribution in [-0.4, -0.2) is 49.4 Å². The Hall–Kier alpha value is -2.70. The topological polar surface area (TPSA) is 59.0 Å². The molecule has 0 radical (unpaired) electrons. The number of esters is 1. The number of aliphatic hydroxyl groups is 1. The molecule has 1 aliphatic carbocycles. The number of halogens is 1. The van der Waals surface area contributed by atoms with Crippen LogP contribution in [-0.2, 0) is 16.0 Å². The van der Waals surface area contributed by atoms with Crippen LogP contribution in [0.2, 0.25) is 0 Å². The Labute approximate surface area is 170 Å². The van der Waals surface area contributed by atoms with Gasteiger partial charge in [0.25, 0.3) is 0 Å². The van der Waals surface area contributed by atoms with Crippen molar-refractivity contribution in [3.05, 3.63) is 71.0 Å². The molecule has 0 spiro atoms. The van der Waals surface area contributed by atoms with Gasteiger partial charge in [-0.2, -0.15) is 0 Å². The third-order valence-corrected chi connectivity index (χ3v) is 5.10. The van der Waals surface area contributed by atoms with Crippen molar-refractivity contribution in [1.29, 1.82) is 0 Å². The number of ether oxygens (including phenoxy) is 2. The second kappa shape index (κ2) is 10.2. The molecule has 1 aliphatic rings. The molecule has 0 aromatic heterocycles. The van der Waals surface area contributed by atoms with E-state index < -0.39 is 0 Å². The van der Waals surface area contributed by atoms with Gasteiger partial charge < -0.3 is 14.6 Å². The highest BCUT2D eigenvalue weighted by atomic mass is 19.1. The molecule has 0 bridgehead atoms. The highest BCUT2D eigenvalue weighted by molar-refractivity contribution is 5.86. The monoisotopic (exact) mass is 399 g/mol. The van der Waals surface area contributed by atoms with Gasteiger partial charge in [-0.05, 0) is 47.7 Å². The number of aliphatic hydroxyl groups excluding tert-OH is 1. The Morgan fingerprint density at radius 3 is 2.90 bits per heavy atom. The molecule has 0 saturated heterocycles. The lowest BCUT2D eigenvalue weighted by Crippen LogP contribution is -2.34. The summed E-state index contributed by atoms with van der Waals surface area (Å²) in [4.78, 5) is 13.5. The van der Waals surface area contributed by atoms with Crippen molar-refractivity contribution in [3.63, 3.8) is 0 Å². The summed E-state index contributed by atoms with van der Waals surface area (Å²) in [6.07, 6.45) is 5.06. The maximum atomic E-state index is 13.3. The maximum Gasteiger partial charge on any atom is 0.330 e. The van der Waals surface area contributed by atoms with Crippen molar-refractivity contribution < 1.29 is 23.8 Å². The number of hydrogen-bond acceptors (Lipinski definition) is 5. The Balaban J connectivity index is 1.65. The fraction of sp³-hybridized carbons (Fsp3) is 0.348. The minimum Gasteiger partial charge on any atom is -0.492 e. The van der Waals surface area contributed by atoms with E-state index in [0.29, 0.717) is 25.4 Å². The lowest BCUT2D eigenvalue weighted by molar-refractivity contribution is -0.134. The second-order valence-corrected chi connectivity index (χ2v) is 6.93. The molecular formula is C23H26FNO4. The number of rotatable bonds is 9. The van der Waals surface area contributed by atoms with E-state index in [2.05, 4.69) is 21.8 Å². The van der Waals surface area contributed by atoms with Crippen LogP contribution in [0.15, 0.2) is 48.5 Å². The van der Waals surface area contributed by atoms with Gasteiger partial charge >= 0.3 is 5.97 Å². The van der Waals surface area contributed by atoms with Crippen LogP contribution in [0.5, 0.6) is 5.75 Å². The van der Waals surface area contributed by atoms with Crippen LogP contribution in [0.1, 0.15) is 29.2 Å². The first-order valence-corrected chi connectivity index (χ1v) is 9.73. The van der Waals surface area contributed by atoms with E-state index in [9.17, 15) is 14.3 Å².